The summed E-state index contributed by atoms with van der Waals surface area (Å²) in [6, 6.07) is 4.56. The summed E-state index contributed by atoms with van der Waals surface area (Å²) in [5.74, 6) is 0.147. The first-order valence-corrected chi connectivity index (χ1v) is 9.98. The molecule has 2 atom stereocenters. The number of carboxylic acid groups (broad SMARTS) is 1. The molecule has 7 heteroatoms. The van der Waals surface area contributed by atoms with Gasteiger partial charge in [0.25, 0.3) is 0 Å². The first-order chi connectivity index (χ1) is 12.6. The van der Waals surface area contributed by atoms with Gasteiger partial charge in [0.05, 0.1) is 26.2 Å². The van der Waals surface area contributed by atoms with Crippen molar-refractivity contribution in [2.45, 2.75) is 43.5 Å². The molecule has 0 spiro atoms. The van der Waals surface area contributed by atoms with Crippen LogP contribution in [0.4, 0.5) is 0 Å². The van der Waals surface area contributed by atoms with Gasteiger partial charge < -0.3 is 24.3 Å². The molecule has 1 heterocycles. The van der Waals surface area contributed by atoms with E-state index in [1.807, 2.05) is 12.1 Å². The number of hydrogen-bond acceptors (Lipinski definition) is 6. The summed E-state index contributed by atoms with van der Waals surface area (Å²) in [6.07, 6.45) is 4.85. The Kier molecular flexibility index (Phi) is 5.96. The summed E-state index contributed by atoms with van der Waals surface area (Å²) < 4.78 is 10.6. The maximum absolute atomic E-state index is 13.1. The largest absolute Gasteiger partial charge is 0.548 e. The van der Waals surface area contributed by atoms with Crippen molar-refractivity contribution >= 4 is 23.6 Å². The number of rotatable bonds is 5. The summed E-state index contributed by atoms with van der Waals surface area (Å²) in [5, 5.41) is 11.3. The zero-order chi connectivity index (χ0) is 18.7. The van der Waals surface area contributed by atoms with E-state index in [2.05, 4.69) is 0 Å². The summed E-state index contributed by atoms with van der Waals surface area (Å²) in [7, 11) is 3.12. The van der Waals surface area contributed by atoms with Crippen molar-refractivity contribution in [2.24, 2.45) is 5.92 Å². The van der Waals surface area contributed by atoms with Gasteiger partial charge in [-0.25, -0.2) is 0 Å². The molecule has 1 aromatic rings. The van der Waals surface area contributed by atoms with Crippen LogP contribution in [-0.4, -0.2) is 42.8 Å². The van der Waals surface area contributed by atoms with Crippen LogP contribution in [-0.2, 0) is 9.59 Å². The van der Waals surface area contributed by atoms with Crippen LogP contribution >= 0.6 is 11.8 Å². The quantitative estimate of drug-likeness (QED) is 0.780. The SMILES string of the molecule is COc1ccc([C@@H]2SC[C@@H](C(=O)[O-])N2C(=O)C2CCCCC2)cc1OC. The van der Waals surface area contributed by atoms with E-state index in [-0.39, 0.29) is 17.2 Å². The predicted octanol–water partition coefficient (Wildman–Crippen LogP) is 1.98. The number of amides is 1. The molecule has 0 N–H and O–H groups in total. The van der Waals surface area contributed by atoms with E-state index in [9.17, 15) is 14.7 Å². The van der Waals surface area contributed by atoms with E-state index in [0.717, 1.165) is 37.7 Å². The zero-order valence-electron chi connectivity index (χ0n) is 15.1. The Labute approximate surface area is 157 Å². The monoisotopic (exact) mass is 378 g/mol. The van der Waals surface area contributed by atoms with E-state index in [0.29, 0.717) is 17.3 Å². The number of hydrogen-bond donors (Lipinski definition) is 0. The van der Waals surface area contributed by atoms with Gasteiger partial charge >= 0.3 is 0 Å². The molecule has 1 aromatic carbocycles. The number of benzene rings is 1. The van der Waals surface area contributed by atoms with Crippen LogP contribution in [0.5, 0.6) is 11.5 Å². The lowest BCUT2D eigenvalue weighted by Gasteiger charge is -2.34. The molecule has 2 fully saturated rings. The molecule has 1 saturated heterocycles. The highest BCUT2D eigenvalue weighted by Crippen LogP contribution is 2.45. The molecular weight excluding hydrogens is 354 g/mol. The highest BCUT2D eigenvalue weighted by molar-refractivity contribution is 7.99. The molecule has 1 aliphatic carbocycles. The van der Waals surface area contributed by atoms with Crippen molar-refractivity contribution in [1.29, 1.82) is 0 Å². The first kappa shape index (κ1) is 18.9. The third kappa shape index (κ3) is 3.63. The Morgan fingerprint density at radius 3 is 2.42 bits per heavy atom. The molecule has 2 aliphatic rings. The lowest BCUT2D eigenvalue weighted by Crippen LogP contribution is -2.50. The number of aliphatic carboxylic acids is 1. The molecule has 1 saturated carbocycles. The lowest BCUT2D eigenvalue weighted by molar-refractivity contribution is -0.310. The van der Waals surface area contributed by atoms with Crippen molar-refractivity contribution in [3.8, 4) is 11.5 Å². The maximum atomic E-state index is 13.1. The minimum absolute atomic E-state index is 0.0660. The lowest BCUT2D eigenvalue weighted by atomic mass is 9.88. The van der Waals surface area contributed by atoms with E-state index in [4.69, 9.17) is 9.47 Å². The van der Waals surface area contributed by atoms with Crippen LogP contribution < -0.4 is 14.6 Å². The highest BCUT2D eigenvalue weighted by Gasteiger charge is 2.41. The topological polar surface area (TPSA) is 78.9 Å². The van der Waals surface area contributed by atoms with Crippen molar-refractivity contribution < 1.29 is 24.2 Å². The van der Waals surface area contributed by atoms with E-state index < -0.39 is 12.0 Å². The van der Waals surface area contributed by atoms with Crippen molar-refractivity contribution in [2.75, 3.05) is 20.0 Å². The number of carbonyl (C=O) groups excluding carboxylic acids is 2. The van der Waals surface area contributed by atoms with Crippen molar-refractivity contribution in [1.82, 2.24) is 4.90 Å². The standard InChI is InChI=1S/C19H25NO5S/c1-24-15-9-8-13(10-16(15)25-2)18-20(14(11-26-18)19(22)23)17(21)12-6-4-3-5-7-12/h8-10,12,14,18H,3-7,11H2,1-2H3,(H,22,23)/p-1/t14-,18-/m0/s1. The van der Waals surface area contributed by atoms with Crippen LogP contribution in [0.1, 0.15) is 43.0 Å². The molecule has 1 aliphatic heterocycles. The Hall–Kier alpha value is -1.89. The van der Waals surface area contributed by atoms with Crippen LogP contribution in [0.15, 0.2) is 18.2 Å². The molecule has 0 radical (unpaired) electrons. The fourth-order valence-corrected chi connectivity index (χ4v) is 5.19. The Morgan fingerprint density at radius 2 is 1.81 bits per heavy atom. The molecule has 0 bridgehead atoms. The van der Waals surface area contributed by atoms with Gasteiger partial charge in [0.15, 0.2) is 11.5 Å². The smallest absolute Gasteiger partial charge is 0.227 e. The molecule has 26 heavy (non-hydrogen) atoms. The minimum atomic E-state index is -1.19. The Balaban J connectivity index is 1.91. The second kappa shape index (κ2) is 8.20. The second-order valence-corrected chi connectivity index (χ2v) is 7.83. The van der Waals surface area contributed by atoms with Crippen molar-refractivity contribution in [3.05, 3.63) is 23.8 Å². The number of carbonyl (C=O) groups is 2. The van der Waals surface area contributed by atoms with Crippen molar-refractivity contribution in [3.63, 3.8) is 0 Å². The first-order valence-electron chi connectivity index (χ1n) is 8.93. The van der Waals surface area contributed by atoms with Gasteiger partial charge in [0.1, 0.15) is 5.37 Å². The van der Waals surface area contributed by atoms with E-state index in [1.54, 1.807) is 20.3 Å². The normalized spacial score (nSPS) is 23.7. The number of nitrogens with zero attached hydrogens (tertiary/aromatic N) is 1. The van der Waals surface area contributed by atoms with Gasteiger partial charge in [0, 0.05) is 11.7 Å². The summed E-state index contributed by atoms with van der Waals surface area (Å²) in [4.78, 5) is 26.3. The average molecular weight is 378 g/mol. The number of thioether (sulfide) groups is 1. The van der Waals surface area contributed by atoms with E-state index in [1.165, 1.54) is 16.7 Å². The summed E-state index contributed by atoms with van der Waals surface area (Å²) in [6.45, 7) is 0. The Morgan fingerprint density at radius 1 is 1.12 bits per heavy atom. The maximum Gasteiger partial charge on any atom is 0.227 e. The molecule has 142 valence electrons. The van der Waals surface area contributed by atoms with E-state index >= 15 is 0 Å². The van der Waals surface area contributed by atoms with Crippen LogP contribution in [0.25, 0.3) is 0 Å². The van der Waals surface area contributed by atoms with Gasteiger partial charge in [-0.2, -0.15) is 0 Å². The number of carboxylic acids is 1. The van der Waals surface area contributed by atoms with Crippen LogP contribution in [0.3, 0.4) is 0 Å². The third-order valence-corrected chi connectivity index (χ3v) is 6.50. The fraction of sp³-hybridized carbons (Fsp3) is 0.579. The van der Waals surface area contributed by atoms with Gasteiger partial charge in [-0.05, 0) is 30.5 Å². The molecule has 3 rings (SSSR count). The molecule has 0 aromatic heterocycles. The zero-order valence-corrected chi connectivity index (χ0v) is 15.9. The van der Waals surface area contributed by atoms with Crippen LogP contribution in [0, 0.1) is 5.92 Å². The average Bonchev–Trinajstić information content (AvgIpc) is 3.12. The highest BCUT2D eigenvalue weighted by atomic mass is 32.2. The molecule has 6 nitrogen and oxygen atoms in total. The summed E-state index contributed by atoms with van der Waals surface area (Å²) in [5.41, 5.74) is 0.834. The van der Waals surface area contributed by atoms with Gasteiger partial charge in [-0.3, -0.25) is 4.79 Å². The molecule has 1 amide bonds. The molecular formula is C19H24NO5S-. The third-order valence-electron chi connectivity index (χ3n) is 5.17. The van der Waals surface area contributed by atoms with Gasteiger partial charge in [-0.15, -0.1) is 11.8 Å². The van der Waals surface area contributed by atoms with Gasteiger partial charge in [0.2, 0.25) is 5.91 Å². The fourth-order valence-electron chi connectivity index (χ4n) is 3.78. The number of methoxy groups -OCH3 is 2. The molecule has 0 unspecified atom stereocenters. The number of ether oxygens (including phenoxy) is 2. The summed E-state index contributed by atoms with van der Waals surface area (Å²) >= 11 is 1.45. The van der Waals surface area contributed by atoms with Crippen LogP contribution in [0.2, 0.25) is 0 Å². The second-order valence-electron chi connectivity index (χ2n) is 6.72. The minimum Gasteiger partial charge on any atom is -0.548 e. The van der Waals surface area contributed by atoms with Gasteiger partial charge in [-0.1, -0.05) is 25.3 Å². The Bertz CT molecular complexity index is 674. The predicted molar refractivity (Wildman–Crippen MR) is 97.0 cm³/mol.